The monoisotopic (exact) mass is 279 g/mol. The maximum absolute atomic E-state index is 5.88. The lowest BCUT2D eigenvalue weighted by Crippen LogP contribution is -2.42. The zero-order valence-electron chi connectivity index (χ0n) is 13.6. The van der Waals surface area contributed by atoms with Crippen LogP contribution in [0, 0.1) is 18.3 Å². The summed E-state index contributed by atoms with van der Waals surface area (Å²) in [4.78, 5) is 0. The Morgan fingerprint density at radius 1 is 1.55 bits per heavy atom. The first-order chi connectivity index (χ1) is 9.43. The standard InChI is InChI=1S/C16H29N3O/c1-12(2)10-17-11-16(6-7-20-14(16)4)9-15-8-13(3)18-19(15)5/h8,12,14,17H,6-7,9-11H2,1-5H3. The Balaban J connectivity index is 2.09. The molecule has 2 heterocycles. The van der Waals surface area contributed by atoms with Crippen molar-refractivity contribution in [1.29, 1.82) is 0 Å². The van der Waals surface area contributed by atoms with Gasteiger partial charge >= 0.3 is 0 Å². The Kier molecular flexibility index (Phi) is 4.86. The molecule has 0 amide bonds. The van der Waals surface area contributed by atoms with E-state index >= 15 is 0 Å². The predicted octanol–water partition coefficient (Wildman–Crippen LogP) is 2.31. The number of ether oxygens (including phenoxy) is 1. The normalized spacial score (nSPS) is 26.6. The van der Waals surface area contributed by atoms with Gasteiger partial charge in [0.05, 0.1) is 11.8 Å². The van der Waals surface area contributed by atoms with Crippen LogP contribution in [0.2, 0.25) is 0 Å². The van der Waals surface area contributed by atoms with Crippen molar-refractivity contribution < 1.29 is 4.74 Å². The second kappa shape index (κ2) is 6.27. The minimum absolute atomic E-state index is 0.203. The third-order valence-electron chi connectivity index (χ3n) is 4.49. The molecule has 20 heavy (non-hydrogen) atoms. The third-order valence-corrected chi connectivity index (χ3v) is 4.49. The maximum Gasteiger partial charge on any atom is 0.0619 e. The van der Waals surface area contributed by atoms with E-state index in [0.29, 0.717) is 12.0 Å². The number of aromatic nitrogens is 2. The minimum atomic E-state index is 0.203. The fourth-order valence-electron chi connectivity index (χ4n) is 3.15. The quantitative estimate of drug-likeness (QED) is 0.868. The van der Waals surface area contributed by atoms with Crippen molar-refractivity contribution in [3.63, 3.8) is 0 Å². The van der Waals surface area contributed by atoms with Gasteiger partial charge in [0.15, 0.2) is 0 Å². The summed E-state index contributed by atoms with van der Waals surface area (Å²) in [7, 11) is 2.04. The highest BCUT2D eigenvalue weighted by atomic mass is 16.5. The van der Waals surface area contributed by atoms with E-state index in [1.165, 1.54) is 5.69 Å². The molecular formula is C16H29N3O. The molecular weight excluding hydrogens is 250 g/mol. The lowest BCUT2D eigenvalue weighted by atomic mass is 9.77. The highest BCUT2D eigenvalue weighted by molar-refractivity contribution is 5.13. The van der Waals surface area contributed by atoms with Crippen molar-refractivity contribution in [3.05, 3.63) is 17.5 Å². The van der Waals surface area contributed by atoms with Crippen LogP contribution in [-0.2, 0) is 18.2 Å². The van der Waals surface area contributed by atoms with Crippen molar-refractivity contribution in [1.82, 2.24) is 15.1 Å². The van der Waals surface area contributed by atoms with E-state index in [0.717, 1.165) is 38.2 Å². The SMILES string of the molecule is Cc1cc(CC2(CNCC(C)C)CCOC2C)n(C)n1. The Morgan fingerprint density at radius 3 is 2.80 bits per heavy atom. The highest BCUT2D eigenvalue weighted by Gasteiger charge is 2.41. The second-order valence-corrected chi connectivity index (χ2v) is 6.73. The fourth-order valence-corrected chi connectivity index (χ4v) is 3.15. The molecule has 0 radical (unpaired) electrons. The van der Waals surface area contributed by atoms with Gasteiger partial charge in [-0.15, -0.1) is 0 Å². The molecule has 1 aromatic rings. The number of hydrogen-bond acceptors (Lipinski definition) is 3. The summed E-state index contributed by atoms with van der Waals surface area (Å²) in [6, 6.07) is 2.20. The summed E-state index contributed by atoms with van der Waals surface area (Å²) in [5.41, 5.74) is 2.61. The smallest absolute Gasteiger partial charge is 0.0619 e. The molecule has 0 aromatic carbocycles. The van der Waals surface area contributed by atoms with Gasteiger partial charge in [0.2, 0.25) is 0 Å². The molecule has 4 heteroatoms. The molecule has 1 N–H and O–H groups in total. The van der Waals surface area contributed by atoms with Crippen LogP contribution in [-0.4, -0.2) is 35.6 Å². The van der Waals surface area contributed by atoms with Crippen LogP contribution in [0.4, 0.5) is 0 Å². The molecule has 4 nitrogen and oxygen atoms in total. The van der Waals surface area contributed by atoms with E-state index in [4.69, 9.17) is 4.74 Å². The van der Waals surface area contributed by atoms with Gasteiger partial charge in [-0.1, -0.05) is 13.8 Å². The average Bonchev–Trinajstić information content (AvgIpc) is 2.84. The first-order valence-corrected chi connectivity index (χ1v) is 7.75. The zero-order valence-corrected chi connectivity index (χ0v) is 13.6. The van der Waals surface area contributed by atoms with Gasteiger partial charge in [-0.2, -0.15) is 5.10 Å². The molecule has 1 aliphatic heterocycles. The molecule has 1 aromatic heterocycles. The van der Waals surface area contributed by atoms with Crippen LogP contribution in [0.15, 0.2) is 6.07 Å². The molecule has 114 valence electrons. The molecule has 2 rings (SSSR count). The van der Waals surface area contributed by atoms with E-state index in [1.807, 2.05) is 11.7 Å². The number of rotatable bonds is 6. The van der Waals surface area contributed by atoms with Gasteiger partial charge in [0.1, 0.15) is 0 Å². The third kappa shape index (κ3) is 3.41. The molecule has 0 bridgehead atoms. The Hall–Kier alpha value is -0.870. The predicted molar refractivity (Wildman–Crippen MR) is 81.8 cm³/mol. The molecule has 1 fully saturated rings. The first kappa shape index (κ1) is 15.5. The van der Waals surface area contributed by atoms with Gasteiger partial charge in [0, 0.05) is 31.3 Å². The number of nitrogens with one attached hydrogen (secondary N) is 1. The molecule has 2 unspecified atom stereocenters. The second-order valence-electron chi connectivity index (χ2n) is 6.73. The number of aryl methyl sites for hydroxylation is 2. The van der Waals surface area contributed by atoms with E-state index in [1.54, 1.807) is 0 Å². The van der Waals surface area contributed by atoms with Crippen molar-refractivity contribution >= 4 is 0 Å². The van der Waals surface area contributed by atoms with Gasteiger partial charge in [-0.05, 0) is 45.2 Å². The van der Waals surface area contributed by atoms with Crippen LogP contribution >= 0.6 is 0 Å². The van der Waals surface area contributed by atoms with E-state index < -0.39 is 0 Å². The topological polar surface area (TPSA) is 39.1 Å². The zero-order chi connectivity index (χ0) is 14.8. The van der Waals surface area contributed by atoms with E-state index in [9.17, 15) is 0 Å². The van der Waals surface area contributed by atoms with Crippen molar-refractivity contribution in [2.24, 2.45) is 18.4 Å². The van der Waals surface area contributed by atoms with Crippen LogP contribution in [0.25, 0.3) is 0 Å². The first-order valence-electron chi connectivity index (χ1n) is 7.75. The lowest BCUT2D eigenvalue weighted by Gasteiger charge is -2.33. The minimum Gasteiger partial charge on any atom is -0.378 e. The van der Waals surface area contributed by atoms with Gasteiger partial charge in [0.25, 0.3) is 0 Å². The van der Waals surface area contributed by atoms with Crippen LogP contribution in [0.1, 0.15) is 38.6 Å². The van der Waals surface area contributed by atoms with Crippen LogP contribution < -0.4 is 5.32 Å². The Morgan fingerprint density at radius 2 is 2.30 bits per heavy atom. The largest absolute Gasteiger partial charge is 0.378 e. The van der Waals surface area contributed by atoms with Gasteiger partial charge < -0.3 is 10.1 Å². The summed E-state index contributed by atoms with van der Waals surface area (Å²) < 4.78 is 7.89. The lowest BCUT2D eigenvalue weighted by molar-refractivity contribution is 0.0618. The van der Waals surface area contributed by atoms with Crippen molar-refractivity contribution in [3.8, 4) is 0 Å². The van der Waals surface area contributed by atoms with Crippen molar-refractivity contribution in [2.45, 2.75) is 46.6 Å². The van der Waals surface area contributed by atoms with Crippen LogP contribution in [0.5, 0.6) is 0 Å². The Labute approximate surface area is 122 Å². The molecule has 1 aliphatic rings. The molecule has 0 aliphatic carbocycles. The van der Waals surface area contributed by atoms with Crippen LogP contribution in [0.3, 0.4) is 0 Å². The summed E-state index contributed by atoms with van der Waals surface area (Å²) in [6.45, 7) is 11.7. The molecule has 0 saturated carbocycles. The Bertz CT molecular complexity index is 441. The summed E-state index contributed by atoms with van der Waals surface area (Å²) in [5, 5.41) is 8.11. The number of nitrogens with zero attached hydrogens (tertiary/aromatic N) is 2. The highest BCUT2D eigenvalue weighted by Crippen LogP contribution is 2.37. The number of hydrogen-bond donors (Lipinski definition) is 1. The average molecular weight is 279 g/mol. The van der Waals surface area contributed by atoms with E-state index in [-0.39, 0.29) is 5.41 Å². The summed E-state index contributed by atoms with van der Waals surface area (Å²) >= 11 is 0. The van der Waals surface area contributed by atoms with E-state index in [2.05, 4.69) is 44.2 Å². The summed E-state index contributed by atoms with van der Waals surface area (Å²) in [6.07, 6.45) is 2.47. The molecule has 2 atom stereocenters. The van der Waals surface area contributed by atoms with Gasteiger partial charge in [-0.25, -0.2) is 0 Å². The maximum atomic E-state index is 5.88. The molecule has 1 saturated heterocycles. The van der Waals surface area contributed by atoms with Gasteiger partial charge in [-0.3, -0.25) is 4.68 Å². The molecule has 0 spiro atoms. The summed E-state index contributed by atoms with van der Waals surface area (Å²) in [5.74, 6) is 0.684. The van der Waals surface area contributed by atoms with Crippen molar-refractivity contribution in [2.75, 3.05) is 19.7 Å². The fraction of sp³-hybridized carbons (Fsp3) is 0.812.